The molecule has 30 heavy (non-hydrogen) atoms. The highest BCUT2D eigenvalue weighted by Gasteiger charge is 2.45. The minimum Gasteiger partial charge on any atom is -0.507 e. The predicted octanol–water partition coefficient (Wildman–Crippen LogP) is 4.52. The van der Waals surface area contributed by atoms with E-state index in [-0.39, 0.29) is 11.3 Å². The van der Waals surface area contributed by atoms with Crippen LogP contribution >= 0.6 is 15.9 Å². The third kappa shape index (κ3) is 4.50. The number of nitrogens with zero attached hydrogens (tertiary/aromatic N) is 2. The van der Waals surface area contributed by atoms with Gasteiger partial charge in [0.1, 0.15) is 5.76 Å². The maximum atomic E-state index is 13.0. The molecule has 1 N–H and O–H groups in total. The smallest absolute Gasteiger partial charge is 0.295 e. The van der Waals surface area contributed by atoms with Crippen LogP contribution in [0.25, 0.3) is 5.76 Å². The lowest BCUT2D eigenvalue weighted by Gasteiger charge is -2.28. The van der Waals surface area contributed by atoms with Gasteiger partial charge in [0.2, 0.25) is 0 Å². The van der Waals surface area contributed by atoms with Crippen LogP contribution in [0.3, 0.4) is 0 Å². The van der Waals surface area contributed by atoms with Crippen LogP contribution in [-0.4, -0.2) is 52.8 Å². The summed E-state index contributed by atoms with van der Waals surface area (Å²) in [6.45, 7) is 8.90. The molecule has 1 amide bonds. The van der Waals surface area contributed by atoms with Crippen molar-refractivity contribution in [1.82, 2.24) is 9.80 Å². The summed E-state index contributed by atoms with van der Waals surface area (Å²) >= 11 is 3.48. The van der Waals surface area contributed by atoms with Gasteiger partial charge in [-0.25, -0.2) is 0 Å². The molecule has 2 aromatic carbocycles. The molecule has 0 bridgehead atoms. The first-order chi connectivity index (χ1) is 14.4. The Bertz CT molecular complexity index is 965. The molecule has 1 aliphatic heterocycles. The van der Waals surface area contributed by atoms with E-state index in [1.54, 1.807) is 17.0 Å². The van der Waals surface area contributed by atoms with E-state index in [4.69, 9.17) is 0 Å². The molecule has 158 valence electrons. The van der Waals surface area contributed by atoms with E-state index < -0.39 is 17.7 Å². The van der Waals surface area contributed by atoms with Gasteiger partial charge in [0.05, 0.1) is 11.6 Å². The van der Waals surface area contributed by atoms with Crippen molar-refractivity contribution < 1.29 is 14.7 Å². The number of ketones is 1. The molecule has 6 heteroatoms. The second-order valence-corrected chi connectivity index (χ2v) is 8.36. The van der Waals surface area contributed by atoms with Crippen LogP contribution < -0.4 is 0 Å². The highest BCUT2D eigenvalue weighted by atomic mass is 79.9. The van der Waals surface area contributed by atoms with Gasteiger partial charge in [0.25, 0.3) is 11.7 Å². The van der Waals surface area contributed by atoms with Gasteiger partial charge in [-0.3, -0.25) is 9.59 Å². The van der Waals surface area contributed by atoms with Gasteiger partial charge in [-0.05, 0) is 37.7 Å². The molecule has 0 saturated carbocycles. The van der Waals surface area contributed by atoms with E-state index in [1.165, 1.54) is 0 Å². The first-order valence-corrected chi connectivity index (χ1v) is 11.0. The lowest BCUT2D eigenvalue weighted by molar-refractivity contribution is -0.140. The average molecular weight is 471 g/mol. The first kappa shape index (κ1) is 22.2. The molecule has 1 aliphatic rings. The number of carbonyl (C=O) groups excluding carboxylic acids is 2. The Morgan fingerprint density at radius 2 is 1.77 bits per heavy atom. The molecule has 0 radical (unpaired) electrons. The van der Waals surface area contributed by atoms with Crippen molar-refractivity contribution in [3.63, 3.8) is 0 Å². The second-order valence-electron chi connectivity index (χ2n) is 7.44. The number of likely N-dealkylation sites (tertiary alicyclic amines) is 1. The number of hydrogen-bond acceptors (Lipinski definition) is 4. The molecule has 1 saturated heterocycles. The first-order valence-electron chi connectivity index (χ1n) is 10.2. The third-order valence-corrected chi connectivity index (χ3v) is 6.07. The van der Waals surface area contributed by atoms with Crippen LogP contribution in [0.2, 0.25) is 0 Å². The molecule has 0 aliphatic carbocycles. The van der Waals surface area contributed by atoms with Gasteiger partial charge in [-0.1, -0.05) is 71.7 Å². The fourth-order valence-electron chi connectivity index (χ4n) is 3.79. The molecular formula is C24H27BrN2O3. The summed E-state index contributed by atoms with van der Waals surface area (Å²) < 4.78 is 0.852. The van der Waals surface area contributed by atoms with Crippen LogP contribution in [0.5, 0.6) is 0 Å². The fraction of sp³-hybridized carbons (Fsp3) is 0.333. The van der Waals surface area contributed by atoms with Crippen LogP contribution in [0, 0.1) is 6.92 Å². The van der Waals surface area contributed by atoms with E-state index in [9.17, 15) is 14.7 Å². The van der Waals surface area contributed by atoms with Crippen LogP contribution in [0.4, 0.5) is 0 Å². The maximum absolute atomic E-state index is 13.0. The van der Waals surface area contributed by atoms with Crippen molar-refractivity contribution in [2.45, 2.75) is 26.8 Å². The Kier molecular flexibility index (Phi) is 7.10. The summed E-state index contributed by atoms with van der Waals surface area (Å²) in [4.78, 5) is 29.8. The summed E-state index contributed by atoms with van der Waals surface area (Å²) in [7, 11) is 0. The van der Waals surface area contributed by atoms with Gasteiger partial charge in [-0.15, -0.1) is 0 Å². The molecule has 1 fully saturated rings. The zero-order valence-corrected chi connectivity index (χ0v) is 19.1. The summed E-state index contributed by atoms with van der Waals surface area (Å²) in [5, 5.41) is 11.0. The zero-order chi connectivity index (χ0) is 21.8. The Morgan fingerprint density at radius 3 is 2.37 bits per heavy atom. The van der Waals surface area contributed by atoms with Crippen molar-refractivity contribution in [2.75, 3.05) is 26.2 Å². The number of carbonyl (C=O) groups is 2. The lowest BCUT2D eigenvalue weighted by atomic mass is 9.95. The number of benzene rings is 2. The van der Waals surface area contributed by atoms with Crippen molar-refractivity contribution in [3.05, 3.63) is 75.3 Å². The predicted molar refractivity (Wildman–Crippen MR) is 122 cm³/mol. The van der Waals surface area contributed by atoms with Crippen molar-refractivity contribution in [1.29, 1.82) is 0 Å². The number of likely N-dealkylation sites (N-methyl/N-ethyl adjacent to an activating group) is 1. The number of aryl methyl sites for hydroxylation is 1. The Labute approximate surface area is 186 Å². The van der Waals surface area contributed by atoms with E-state index in [0.717, 1.165) is 28.7 Å². The van der Waals surface area contributed by atoms with Crippen LogP contribution in [-0.2, 0) is 9.59 Å². The number of Topliss-reactive ketones (excluding diaryl/α,β-unsaturated/α-hetero) is 1. The molecule has 0 spiro atoms. The van der Waals surface area contributed by atoms with Crippen molar-refractivity contribution in [3.8, 4) is 0 Å². The fourth-order valence-corrected chi connectivity index (χ4v) is 4.21. The second kappa shape index (κ2) is 9.58. The van der Waals surface area contributed by atoms with Gasteiger partial charge < -0.3 is 14.9 Å². The molecule has 5 nitrogen and oxygen atoms in total. The highest BCUT2D eigenvalue weighted by molar-refractivity contribution is 9.10. The van der Waals surface area contributed by atoms with E-state index in [1.807, 2.05) is 43.3 Å². The summed E-state index contributed by atoms with van der Waals surface area (Å²) in [6, 6.07) is 14.2. The summed E-state index contributed by atoms with van der Waals surface area (Å²) in [6.07, 6.45) is 0. The zero-order valence-electron chi connectivity index (χ0n) is 17.6. The van der Waals surface area contributed by atoms with Gasteiger partial charge >= 0.3 is 0 Å². The number of halogens is 1. The average Bonchev–Trinajstić information content (AvgIpc) is 2.99. The standard InChI is InChI=1S/C24H27BrN2O3/c1-4-26(5-2)13-14-27-21(18-7-6-8-19(25)15-18)20(23(29)24(27)30)22(28)17-11-9-16(3)10-12-17/h6-12,15,21,28H,4-5,13-14H2,1-3H3/b22-20+/t21-/m0/s1. The van der Waals surface area contributed by atoms with E-state index >= 15 is 0 Å². The van der Waals surface area contributed by atoms with E-state index in [2.05, 4.69) is 34.7 Å². The normalized spacial score (nSPS) is 18.4. The topological polar surface area (TPSA) is 60.9 Å². The molecule has 1 heterocycles. The number of hydrogen-bond donors (Lipinski definition) is 1. The third-order valence-electron chi connectivity index (χ3n) is 5.58. The number of aliphatic hydroxyl groups excluding tert-OH is 1. The summed E-state index contributed by atoms with van der Waals surface area (Å²) in [5.74, 6) is -1.35. The molecule has 2 aromatic rings. The maximum Gasteiger partial charge on any atom is 0.295 e. The van der Waals surface area contributed by atoms with Gasteiger partial charge in [-0.2, -0.15) is 0 Å². The number of aliphatic hydroxyl groups is 1. The van der Waals surface area contributed by atoms with Crippen LogP contribution in [0.1, 0.15) is 36.6 Å². The van der Waals surface area contributed by atoms with Gasteiger partial charge in [0.15, 0.2) is 0 Å². The quantitative estimate of drug-likeness (QED) is 0.367. The molecule has 3 rings (SSSR count). The Hall–Kier alpha value is -2.44. The van der Waals surface area contributed by atoms with Gasteiger partial charge in [0, 0.05) is 23.1 Å². The minimum atomic E-state index is -0.641. The number of amides is 1. The molecular weight excluding hydrogens is 444 g/mol. The molecule has 0 aromatic heterocycles. The SMILES string of the molecule is CCN(CC)CCN1C(=O)C(=O)/C(=C(/O)c2ccc(C)cc2)[C@@H]1c1cccc(Br)c1. The Morgan fingerprint density at radius 1 is 1.10 bits per heavy atom. The number of rotatable bonds is 7. The van der Waals surface area contributed by atoms with E-state index in [0.29, 0.717) is 18.7 Å². The minimum absolute atomic E-state index is 0.135. The summed E-state index contributed by atoms with van der Waals surface area (Å²) in [5.41, 5.74) is 2.51. The largest absolute Gasteiger partial charge is 0.507 e. The Balaban J connectivity index is 2.09. The van der Waals surface area contributed by atoms with Crippen molar-refractivity contribution in [2.24, 2.45) is 0 Å². The highest BCUT2D eigenvalue weighted by Crippen LogP contribution is 2.39. The molecule has 1 atom stereocenters. The molecule has 0 unspecified atom stereocenters. The monoisotopic (exact) mass is 470 g/mol. The van der Waals surface area contributed by atoms with Crippen LogP contribution in [0.15, 0.2) is 58.6 Å². The lowest BCUT2D eigenvalue weighted by Crippen LogP contribution is -2.38. The van der Waals surface area contributed by atoms with Crippen molar-refractivity contribution >= 4 is 33.4 Å².